The van der Waals surface area contributed by atoms with Gasteiger partial charge in [-0.25, -0.2) is 4.39 Å². The fourth-order valence-corrected chi connectivity index (χ4v) is 2.85. The van der Waals surface area contributed by atoms with E-state index in [4.69, 9.17) is 0 Å². The van der Waals surface area contributed by atoms with Crippen LogP contribution in [0.15, 0.2) is 22.7 Å². The van der Waals surface area contributed by atoms with Crippen molar-refractivity contribution in [1.29, 1.82) is 0 Å². The molecule has 0 bridgehead atoms. The summed E-state index contributed by atoms with van der Waals surface area (Å²) in [6.45, 7) is 3.01. The number of hydrogen-bond donors (Lipinski definition) is 1. The number of benzene rings is 1. The van der Waals surface area contributed by atoms with Crippen molar-refractivity contribution in [3.05, 3.63) is 34.1 Å². The molecular weight excluding hydrogens is 319 g/mol. The van der Waals surface area contributed by atoms with E-state index in [9.17, 15) is 4.39 Å². The van der Waals surface area contributed by atoms with Crippen LogP contribution < -0.4 is 5.32 Å². The number of likely N-dealkylation sites (tertiary alicyclic amines) is 1. The van der Waals surface area contributed by atoms with E-state index in [-0.39, 0.29) is 18.2 Å². The minimum atomic E-state index is -0.167. The third-order valence-corrected chi connectivity index (χ3v) is 3.78. The van der Waals surface area contributed by atoms with E-state index in [1.54, 1.807) is 6.07 Å². The molecule has 1 saturated heterocycles. The van der Waals surface area contributed by atoms with Crippen LogP contribution in [0.2, 0.25) is 0 Å². The second kappa shape index (κ2) is 7.43. The zero-order valence-electron chi connectivity index (χ0n) is 10.5. The van der Waals surface area contributed by atoms with Gasteiger partial charge < -0.3 is 5.32 Å². The molecule has 1 aromatic rings. The zero-order valence-corrected chi connectivity index (χ0v) is 12.9. The molecule has 2 rings (SSSR count). The van der Waals surface area contributed by atoms with Gasteiger partial charge in [0.2, 0.25) is 0 Å². The molecule has 0 atom stereocenters. The summed E-state index contributed by atoms with van der Waals surface area (Å²) in [5.74, 6) is -0.167. The van der Waals surface area contributed by atoms with Crippen molar-refractivity contribution in [3.8, 4) is 0 Å². The third-order valence-electron chi connectivity index (χ3n) is 3.32. The summed E-state index contributed by atoms with van der Waals surface area (Å²) >= 11 is 3.33. The molecule has 0 amide bonds. The van der Waals surface area contributed by atoms with Crippen LogP contribution in [0.5, 0.6) is 0 Å². The molecule has 1 heterocycles. The Morgan fingerprint density at radius 1 is 1.33 bits per heavy atom. The molecular formula is C13H19BrClFN2. The van der Waals surface area contributed by atoms with E-state index >= 15 is 0 Å². The van der Waals surface area contributed by atoms with Gasteiger partial charge in [0.15, 0.2) is 0 Å². The van der Waals surface area contributed by atoms with Crippen LogP contribution in [-0.4, -0.2) is 31.1 Å². The summed E-state index contributed by atoms with van der Waals surface area (Å²) in [7, 11) is 2.02. The highest BCUT2D eigenvalue weighted by atomic mass is 79.9. The van der Waals surface area contributed by atoms with Crippen LogP contribution in [0.4, 0.5) is 4.39 Å². The van der Waals surface area contributed by atoms with Crippen molar-refractivity contribution in [1.82, 2.24) is 10.2 Å². The van der Waals surface area contributed by atoms with E-state index in [2.05, 4.69) is 26.1 Å². The fraction of sp³-hybridized carbons (Fsp3) is 0.538. The smallest absolute Gasteiger partial charge is 0.124 e. The van der Waals surface area contributed by atoms with Gasteiger partial charge in [-0.2, -0.15) is 0 Å². The average Bonchev–Trinajstić information content (AvgIpc) is 2.28. The Morgan fingerprint density at radius 3 is 2.56 bits per heavy atom. The second-order valence-electron chi connectivity index (χ2n) is 4.62. The van der Waals surface area contributed by atoms with E-state index in [1.165, 1.54) is 18.9 Å². The highest BCUT2D eigenvalue weighted by Gasteiger charge is 2.17. The number of halogens is 3. The standard InChI is InChI=1S/C13H18BrFN2.ClH/c1-16-13-2-4-17(5-3-13)9-10-6-11(14)8-12(15)7-10;/h6-8,13,16H,2-5,9H2,1H3;1H. The molecule has 5 heteroatoms. The lowest BCUT2D eigenvalue weighted by Crippen LogP contribution is -2.40. The van der Waals surface area contributed by atoms with Crippen molar-refractivity contribution in [3.63, 3.8) is 0 Å². The summed E-state index contributed by atoms with van der Waals surface area (Å²) in [6.07, 6.45) is 2.35. The maximum atomic E-state index is 13.2. The van der Waals surface area contributed by atoms with Gasteiger partial charge in [-0.1, -0.05) is 15.9 Å². The lowest BCUT2D eigenvalue weighted by molar-refractivity contribution is 0.194. The summed E-state index contributed by atoms with van der Waals surface area (Å²) in [6, 6.07) is 5.75. The minimum absolute atomic E-state index is 0. The summed E-state index contributed by atoms with van der Waals surface area (Å²) in [4.78, 5) is 2.38. The summed E-state index contributed by atoms with van der Waals surface area (Å²) in [5.41, 5.74) is 1.04. The van der Waals surface area contributed by atoms with Gasteiger partial charge >= 0.3 is 0 Å². The molecule has 0 unspecified atom stereocenters. The van der Waals surface area contributed by atoms with Crippen LogP contribution in [0.25, 0.3) is 0 Å². The van der Waals surface area contributed by atoms with Crippen molar-refractivity contribution in [2.45, 2.75) is 25.4 Å². The summed E-state index contributed by atoms with van der Waals surface area (Å²) < 4.78 is 14.1. The van der Waals surface area contributed by atoms with Gasteiger partial charge in [0.1, 0.15) is 5.82 Å². The largest absolute Gasteiger partial charge is 0.317 e. The first kappa shape index (κ1) is 15.9. The molecule has 102 valence electrons. The van der Waals surface area contributed by atoms with Crippen LogP contribution in [0.1, 0.15) is 18.4 Å². The lowest BCUT2D eigenvalue weighted by Gasteiger charge is -2.31. The van der Waals surface area contributed by atoms with E-state index in [1.807, 2.05) is 13.1 Å². The predicted molar refractivity (Wildman–Crippen MR) is 78.7 cm³/mol. The Morgan fingerprint density at radius 2 is 2.00 bits per heavy atom. The molecule has 2 nitrogen and oxygen atoms in total. The molecule has 0 radical (unpaired) electrons. The Bertz CT molecular complexity index is 361. The van der Waals surface area contributed by atoms with Gasteiger partial charge in [0, 0.05) is 17.1 Å². The zero-order chi connectivity index (χ0) is 12.3. The first-order valence-electron chi connectivity index (χ1n) is 6.02. The molecule has 0 spiro atoms. The Balaban J connectivity index is 0.00000162. The van der Waals surface area contributed by atoms with Gasteiger partial charge in [0.05, 0.1) is 0 Å². The Kier molecular flexibility index (Phi) is 6.57. The Labute approximate surface area is 122 Å². The van der Waals surface area contributed by atoms with Crippen LogP contribution >= 0.6 is 28.3 Å². The predicted octanol–water partition coefficient (Wildman–Crippen LogP) is 3.19. The molecule has 18 heavy (non-hydrogen) atoms. The highest BCUT2D eigenvalue weighted by molar-refractivity contribution is 9.10. The SMILES string of the molecule is CNC1CCN(Cc2cc(F)cc(Br)c2)CC1.Cl. The molecule has 1 aromatic carbocycles. The topological polar surface area (TPSA) is 15.3 Å². The number of rotatable bonds is 3. The van der Waals surface area contributed by atoms with Crippen molar-refractivity contribution in [2.24, 2.45) is 0 Å². The van der Waals surface area contributed by atoms with Gasteiger partial charge in [-0.15, -0.1) is 12.4 Å². The average molecular weight is 338 g/mol. The first-order valence-corrected chi connectivity index (χ1v) is 6.81. The summed E-state index contributed by atoms with van der Waals surface area (Å²) in [5, 5.41) is 3.31. The Hall–Kier alpha value is -0.160. The number of piperidine rings is 1. The molecule has 1 aliphatic rings. The van der Waals surface area contributed by atoms with Crippen molar-refractivity contribution >= 4 is 28.3 Å². The molecule has 0 saturated carbocycles. The molecule has 1 fully saturated rings. The van der Waals surface area contributed by atoms with E-state index in [0.717, 1.165) is 29.7 Å². The number of nitrogens with one attached hydrogen (secondary N) is 1. The third kappa shape index (κ3) is 4.50. The van der Waals surface area contributed by atoms with E-state index in [0.29, 0.717) is 6.04 Å². The second-order valence-corrected chi connectivity index (χ2v) is 5.53. The fourth-order valence-electron chi connectivity index (χ4n) is 2.34. The van der Waals surface area contributed by atoms with Crippen LogP contribution in [0.3, 0.4) is 0 Å². The van der Waals surface area contributed by atoms with Gasteiger partial charge in [-0.3, -0.25) is 4.90 Å². The van der Waals surface area contributed by atoms with Gasteiger partial charge in [0.25, 0.3) is 0 Å². The maximum absolute atomic E-state index is 13.2. The minimum Gasteiger partial charge on any atom is -0.317 e. The molecule has 1 aliphatic heterocycles. The lowest BCUT2D eigenvalue weighted by atomic mass is 10.0. The molecule has 0 aromatic heterocycles. The normalized spacial score (nSPS) is 17.5. The molecule has 1 N–H and O–H groups in total. The van der Waals surface area contributed by atoms with Crippen molar-refractivity contribution in [2.75, 3.05) is 20.1 Å². The maximum Gasteiger partial charge on any atom is 0.124 e. The van der Waals surface area contributed by atoms with Gasteiger partial charge in [-0.05, 0) is 56.7 Å². The quantitative estimate of drug-likeness (QED) is 0.911. The number of nitrogens with zero attached hydrogens (tertiary/aromatic N) is 1. The van der Waals surface area contributed by atoms with E-state index < -0.39 is 0 Å². The number of hydrogen-bond acceptors (Lipinski definition) is 2. The van der Waals surface area contributed by atoms with Crippen molar-refractivity contribution < 1.29 is 4.39 Å². The monoisotopic (exact) mass is 336 g/mol. The molecule has 0 aliphatic carbocycles. The highest BCUT2D eigenvalue weighted by Crippen LogP contribution is 2.18. The van der Waals surface area contributed by atoms with Crippen LogP contribution in [0, 0.1) is 5.82 Å². The first-order chi connectivity index (χ1) is 8.17. The van der Waals surface area contributed by atoms with Crippen LogP contribution in [-0.2, 0) is 6.54 Å².